The van der Waals surface area contributed by atoms with Crippen molar-refractivity contribution in [2.75, 3.05) is 6.54 Å². The first-order valence-electron chi connectivity index (χ1n) is 8.20. The van der Waals surface area contributed by atoms with Crippen molar-refractivity contribution in [3.63, 3.8) is 0 Å². The van der Waals surface area contributed by atoms with Gasteiger partial charge in [-0.3, -0.25) is 0 Å². The second-order valence-electron chi connectivity index (χ2n) is 5.88. The van der Waals surface area contributed by atoms with Crippen LogP contribution >= 0.6 is 11.6 Å². The summed E-state index contributed by atoms with van der Waals surface area (Å²) in [4.78, 5) is 0. The van der Waals surface area contributed by atoms with Crippen molar-refractivity contribution in [1.82, 2.24) is 5.32 Å². The van der Waals surface area contributed by atoms with Gasteiger partial charge >= 0.3 is 0 Å². The standard InChI is InChI=1S/C16H32ClN/c1-2-3-4-5-7-10-15(17)12-13-16-11-8-6-9-14-18-16/h15-16,18H,2-14H2,1H3. The Morgan fingerprint density at radius 2 is 1.89 bits per heavy atom. The van der Waals surface area contributed by atoms with E-state index in [2.05, 4.69) is 12.2 Å². The van der Waals surface area contributed by atoms with Crippen LogP contribution in [-0.2, 0) is 0 Å². The van der Waals surface area contributed by atoms with Gasteiger partial charge in [0.1, 0.15) is 0 Å². The zero-order valence-corrected chi connectivity index (χ0v) is 13.0. The Morgan fingerprint density at radius 3 is 2.72 bits per heavy atom. The SMILES string of the molecule is CCCCCCCC(Cl)CCC1CCCCCN1. The Balaban J connectivity index is 1.96. The molecule has 2 atom stereocenters. The summed E-state index contributed by atoms with van der Waals surface area (Å²) in [5, 5.41) is 4.08. The molecule has 1 heterocycles. The molecule has 1 aliphatic rings. The van der Waals surface area contributed by atoms with Crippen molar-refractivity contribution in [2.45, 2.75) is 95.4 Å². The number of halogens is 1. The van der Waals surface area contributed by atoms with E-state index in [4.69, 9.17) is 11.6 Å². The molecular weight excluding hydrogens is 242 g/mol. The zero-order valence-electron chi connectivity index (χ0n) is 12.2. The molecule has 1 aliphatic heterocycles. The lowest BCUT2D eigenvalue weighted by Gasteiger charge is -2.17. The summed E-state index contributed by atoms with van der Waals surface area (Å²) >= 11 is 6.43. The minimum Gasteiger partial charge on any atom is -0.314 e. The predicted octanol–water partition coefficient (Wildman–Crippen LogP) is 5.27. The van der Waals surface area contributed by atoms with Crippen LogP contribution in [0.4, 0.5) is 0 Å². The van der Waals surface area contributed by atoms with Gasteiger partial charge in [-0.05, 0) is 38.6 Å². The number of hydrogen-bond donors (Lipinski definition) is 1. The summed E-state index contributed by atoms with van der Waals surface area (Å²) in [6.07, 6.45) is 16.0. The molecule has 0 aliphatic carbocycles. The van der Waals surface area contributed by atoms with Crippen LogP contribution in [0.15, 0.2) is 0 Å². The average molecular weight is 274 g/mol. The monoisotopic (exact) mass is 273 g/mol. The predicted molar refractivity (Wildman–Crippen MR) is 82.5 cm³/mol. The first kappa shape index (κ1) is 16.3. The van der Waals surface area contributed by atoms with Gasteiger partial charge in [-0.1, -0.05) is 51.9 Å². The number of unbranched alkanes of at least 4 members (excludes halogenated alkanes) is 4. The van der Waals surface area contributed by atoms with Crippen LogP contribution in [-0.4, -0.2) is 18.0 Å². The van der Waals surface area contributed by atoms with Gasteiger partial charge in [-0.2, -0.15) is 0 Å². The maximum atomic E-state index is 6.43. The van der Waals surface area contributed by atoms with Crippen molar-refractivity contribution < 1.29 is 0 Å². The summed E-state index contributed by atoms with van der Waals surface area (Å²) in [6.45, 7) is 3.48. The summed E-state index contributed by atoms with van der Waals surface area (Å²) in [7, 11) is 0. The van der Waals surface area contributed by atoms with E-state index < -0.39 is 0 Å². The number of hydrogen-bond acceptors (Lipinski definition) is 1. The maximum Gasteiger partial charge on any atom is 0.0336 e. The van der Waals surface area contributed by atoms with E-state index in [-0.39, 0.29) is 0 Å². The van der Waals surface area contributed by atoms with Gasteiger partial charge < -0.3 is 5.32 Å². The smallest absolute Gasteiger partial charge is 0.0336 e. The van der Waals surface area contributed by atoms with Gasteiger partial charge in [-0.15, -0.1) is 11.6 Å². The molecule has 1 nitrogen and oxygen atoms in total. The van der Waals surface area contributed by atoms with Crippen LogP contribution in [0.3, 0.4) is 0 Å². The Labute approximate surface area is 119 Å². The van der Waals surface area contributed by atoms with Crippen molar-refractivity contribution in [3.05, 3.63) is 0 Å². The molecule has 1 N–H and O–H groups in total. The molecule has 1 rings (SSSR count). The van der Waals surface area contributed by atoms with E-state index in [0.717, 1.165) is 6.04 Å². The third-order valence-electron chi connectivity index (χ3n) is 4.11. The molecule has 108 valence electrons. The highest BCUT2D eigenvalue weighted by Gasteiger charge is 2.13. The number of alkyl halides is 1. The fourth-order valence-corrected chi connectivity index (χ4v) is 3.12. The summed E-state index contributed by atoms with van der Waals surface area (Å²) in [6, 6.07) is 0.744. The maximum absolute atomic E-state index is 6.43. The Hall–Kier alpha value is 0.250. The molecule has 0 aromatic rings. The van der Waals surface area contributed by atoms with Crippen LogP contribution in [0.5, 0.6) is 0 Å². The van der Waals surface area contributed by atoms with Crippen LogP contribution in [0.25, 0.3) is 0 Å². The normalized spacial score (nSPS) is 22.7. The van der Waals surface area contributed by atoms with Crippen molar-refractivity contribution in [3.8, 4) is 0 Å². The summed E-state index contributed by atoms with van der Waals surface area (Å²) in [5.41, 5.74) is 0. The molecule has 2 unspecified atom stereocenters. The van der Waals surface area contributed by atoms with Gasteiger partial charge in [0.25, 0.3) is 0 Å². The minimum atomic E-state index is 0.414. The highest BCUT2D eigenvalue weighted by molar-refractivity contribution is 6.20. The topological polar surface area (TPSA) is 12.0 Å². The van der Waals surface area contributed by atoms with E-state index in [9.17, 15) is 0 Å². The Bertz CT molecular complexity index is 176. The average Bonchev–Trinajstić information content (AvgIpc) is 2.64. The van der Waals surface area contributed by atoms with Crippen LogP contribution < -0.4 is 5.32 Å². The van der Waals surface area contributed by atoms with Crippen LogP contribution in [0.2, 0.25) is 0 Å². The first-order valence-corrected chi connectivity index (χ1v) is 8.64. The van der Waals surface area contributed by atoms with Crippen LogP contribution in [0.1, 0.15) is 84.0 Å². The van der Waals surface area contributed by atoms with Crippen molar-refractivity contribution in [1.29, 1.82) is 0 Å². The summed E-state index contributed by atoms with van der Waals surface area (Å²) < 4.78 is 0. The molecule has 0 aromatic heterocycles. The quantitative estimate of drug-likeness (QED) is 0.446. The van der Waals surface area contributed by atoms with E-state index in [1.165, 1.54) is 83.6 Å². The Kier molecular flexibility index (Phi) is 10.1. The number of rotatable bonds is 9. The molecule has 0 spiro atoms. The Morgan fingerprint density at radius 1 is 1.06 bits per heavy atom. The third-order valence-corrected chi connectivity index (χ3v) is 4.55. The molecule has 1 saturated heterocycles. The lowest BCUT2D eigenvalue weighted by Crippen LogP contribution is -2.28. The molecule has 0 amide bonds. The van der Waals surface area contributed by atoms with E-state index >= 15 is 0 Å². The third kappa shape index (κ3) is 8.37. The van der Waals surface area contributed by atoms with Gasteiger partial charge in [0.05, 0.1) is 0 Å². The van der Waals surface area contributed by atoms with E-state index in [1.807, 2.05) is 0 Å². The highest BCUT2D eigenvalue weighted by Crippen LogP contribution is 2.19. The molecule has 0 saturated carbocycles. The molecule has 18 heavy (non-hydrogen) atoms. The molecular formula is C16H32ClN. The molecule has 0 bridgehead atoms. The zero-order chi connectivity index (χ0) is 13.1. The lowest BCUT2D eigenvalue weighted by molar-refractivity contribution is 0.451. The largest absolute Gasteiger partial charge is 0.314 e. The summed E-state index contributed by atoms with van der Waals surface area (Å²) in [5.74, 6) is 0. The van der Waals surface area contributed by atoms with Gasteiger partial charge in [-0.25, -0.2) is 0 Å². The molecule has 0 radical (unpaired) electrons. The fourth-order valence-electron chi connectivity index (χ4n) is 2.84. The van der Waals surface area contributed by atoms with Crippen molar-refractivity contribution in [2.24, 2.45) is 0 Å². The van der Waals surface area contributed by atoms with Crippen LogP contribution in [0, 0.1) is 0 Å². The van der Waals surface area contributed by atoms with Crippen molar-refractivity contribution >= 4 is 11.6 Å². The van der Waals surface area contributed by atoms with E-state index in [0.29, 0.717) is 5.38 Å². The minimum absolute atomic E-state index is 0.414. The number of nitrogens with one attached hydrogen (secondary N) is 1. The van der Waals surface area contributed by atoms with Gasteiger partial charge in [0.2, 0.25) is 0 Å². The fraction of sp³-hybridized carbons (Fsp3) is 1.00. The van der Waals surface area contributed by atoms with Gasteiger partial charge in [0.15, 0.2) is 0 Å². The lowest BCUT2D eigenvalue weighted by atomic mass is 10.0. The van der Waals surface area contributed by atoms with Gasteiger partial charge in [0, 0.05) is 11.4 Å². The second kappa shape index (κ2) is 11.1. The molecule has 1 fully saturated rings. The molecule has 0 aromatic carbocycles. The first-order chi connectivity index (χ1) is 8.83. The highest BCUT2D eigenvalue weighted by atomic mass is 35.5. The molecule has 2 heteroatoms. The van der Waals surface area contributed by atoms with E-state index in [1.54, 1.807) is 0 Å². The second-order valence-corrected chi connectivity index (χ2v) is 6.50.